The van der Waals surface area contributed by atoms with Crippen molar-refractivity contribution in [3.05, 3.63) is 83.2 Å². The Labute approximate surface area is 214 Å². The summed E-state index contributed by atoms with van der Waals surface area (Å²) in [6.07, 6.45) is 4.27. The van der Waals surface area contributed by atoms with Crippen molar-refractivity contribution in [2.75, 3.05) is 0 Å². The summed E-state index contributed by atoms with van der Waals surface area (Å²) in [6, 6.07) is 7.43. The van der Waals surface area contributed by atoms with E-state index in [1.807, 2.05) is 57.3 Å². The van der Waals surface area contributed by atoms with Gasteiger partial charge < -0.3 is 10.2 Å². The fourth-order valence-corrected chi connectivity index (χ4v) is 4.04. The second-order valence-corrected chi connectivity index (χ2v) is 9.41. The molecule has 0 radical (unpaired) electrons. The minimum Gasteiger partial charge on any atom is -0.340 e. The molecule has 0 spiro atoms. The molecule has 2 aliphatic rings. The van der Waals surface area contributed by atoms with E-state index >= 15 is 0 Å². The highest BCUT2D eigenvalue weighted by molar-refractivity contribution is 6.11. The van der Waals surface area contributed by atoms with Gasteiger partial charge in [0.05, 0.1) is 11.3 Å². The van der Waals surface area contributed by atoms with Gasteiger partial charge in [-0.3, -0.25) is 4.79 Å². The van der Waals surface area contributed by atoms with E-state index in [0.717, 1.165) is 28.8 Å². The smallest absolute Gasteiger partial charge is 0.340 e. The Morgan fingerprint density at radius 1 is 1.16 bits per heavy atom. The molecule has 1 fully saturated rings. The first-order valence-corrected chi connectivity index (χ1v) is 12.3. The van der Waals surface area contributed by atoms with E-state index in [0.29, 0.717) is 30.2 Å². The number of nitrogens with one attached hydrogen (secondary N) is 1. The molecule has 1 aromatic heterocycles. The maximum absolute atomic E-state index is 13.6. The Morgan fingerprint density at radius 2 is 1.84 bits per heavy atom. The summed E-state index contributed by atoms with van der Waals surface area (Å²) >= 11 is 0. The van der Waals surface area contributed by atoms with Gasteiger partial charge in [0.15, 0.2) is 5.82 Å². The van der Waals surface area contributed by atoms with Crippen LogP contribution in [0.25, 0.3) is 11.4 Å². The summed E-state index contributed by atoms with van der Waals surface area (Å²) in [5.41, 5.74) is 4.10. The molecule has 6 nitrogen and oxygen atoms in total. The van der Waals surface area contributed by atoms with Crippen LogP contribution >= 0.6 is 0 Å². The van der Waals surface area contributed by atoms with Gasteiger partial charge >= 0.3 is 6.18 Å². The second-order valence-electron chi connectivity index (χ2n) is 9.41. The van der Waals surface area contributed by atoms with E-state index in [1.165, 1.54) is 6.92 Å². The molecule has 9 heteroatoms. The highest BCUT2D eigenvalue weighted by atomic mass is 19.4. The Bertz CT molecular complexity index is 1290. The van der Waals surface area contributed by atoms with Gasteiger partial charge in [-0.2, -0.15) is 13.2 Å². The SMILES string of the molecule is CC/C(C)=C/N1C(C)=CC(c2cccc(-c3ncccn3)c2)=N/C1=C(/C)C(=O)NC(C1CC1)C(F)(F)F. The molecule has 2 heterocycles. The quantitative estimate of drug-likeness (QED) is 0.454. The average molecular weight is 510 g/mol. The molecule has 0 saturated heterocycles. The third kappa shape index (κ3) is 6.15. The molecule has 37 heavy (non-hydrogen) atoms. The molecule has 1 aromatic carbocycles. The zero-order chi connectivity index (χ0) is 26.7. The number of allylic oxidation sites excluding steroid dienone is 3. The molecule has 1 aliphatic heterocycles. The van der Waals surface area contributed by atoms with Crippen LogP contribution in [0.2, 0.25) is 0 Å². The molecule has 2 aromatic rings. The summed E-state index contributed by atoms with van der Waals surface area (Å²) in [4.78, 5) is 28.2. The summed E-state index contributed by atoms with van der Waals surface area (Å²) in [5.74, 6) is -0.497. The number of halogens is 3. The predicted molar refractivity (Wildman–Crippen MR) is 137 cm³/mol. The van der Waals surface area contributed by atoms with Crippen molar-refractivity contribution in [1.82, 2.24) is 20.2 Å². The van der Waals surface area contributed by atoms with Crippen molar-refractivity contribution in [3.8, 4) is 11.4 Å². The molecular formula is C28H30F3N5O. The molecule has 4 rings (SSSR count). The van der Waals surface area contributed by atoms with Crippen molar-refractivity contribution in [2.45, 2.75) is 59.2 Å². The van der Waals surface area contributed by atoms with Crippen LogP contribution in [0.4, 0.5) is 13.2 Å². The lowest BCUT2D eigenvalue weighted by Gasteiger charge is -2.29. The molecule has 1 N–H and O–H groups in total. The van der Waals surface area contributed by atoms with Gasteiger partial charge in [-0.25, -0.2) is 15.0 Å². The lowest BCUT2D eigenvalue weighted by Crippen LogP contribution is -2.47. The van der Waals surface area contributed by atoms with Crippen LogP contribution < -0.4 is 5.32 Å². The van der Waals surface area contributed by atoms with Gasteiger partial charge in [0.25, 0.3) is 5.91 Å². The van der Waals surface area contributed by atoms with Gasteiger partial charge in [0.1, 0.15) is 11.9 Å². The molecular weight excluding hydrogens is 479 g/mol. The van der Waals surface area contributed by atoms with Crippen molar-refractivity contribution in [2.24, 2.45) is 10.9 Å². The Hall–Kier alpha value is -3.75. The highest BCUT2D eigenvalue weighted by Crippen LogP contribution is 2.40. The lowest BCUT2D eigenvalue weighted by atomic mass is 10.0. The maximum atomic E-state index is 13.6. The molecule has 194 valence electrons. The van der Waals surface area contributed by atoms with Gasteiger partial charge in [-0.15, -0.1) is 0 Å². The number of hydrogen-bond acceptors (Lipinski definition) is 5. The monoisotopic (exact) mass is 509 g/mol. The first-order chi connectivity index (χ1) is 17.6. The number of carbonyl (C=O) groups is 1. The minimum atomic E-state index is -4.50. The van der Waals surface area contributed by atoms with E-state index < -0.39 is 24.0 Å². The number of rotatable bonds is 7. The van der Waals surface area contributed by atoms with Crippen LogP contribution in [0.3, 0.4) is 0 Å². The number of aromatic nitrogens is 2. The first kappa shape index (κ1) is 26.3. The van der Waals surface area contributed by atoms with E-state index in [-0.39, 0.29) is 5.57 Å². The summed E-state index contributed by atoms with van der Waals surface area (Å²) in [6.45, 7) is 7.36. The number of carbonyl (C=O) groups excluding carboxylic acids is 1. The standard InChI is InChI=1S/C28H30F3N5O/c1-5-17(2)16-36-18(3)14-23(21-8-6-9-22(15-21)25-32-12-7-13-33-25)34-26(36)19(4)27(37)35-24(20-10-11-20)28(29,30)31/h6-9,12-16,20,24H,5,10-11H2,1-4H3,(H,35,37)/b17-16+,26-19+. The third-order valence-electron chi connectivity index (χ3n) is 6.48. The number of hydrogen-bond donors (Lipinski definition) is 1. The fourth-order valence-electron chi connectivity index (χ4n) is 4.04. The zero-order valence-corrected chi connectivity index (χ0v) is 21.3. The van der Waals surface area contributed by atoms with Crippen LogP contribution in [0.5, 0.6) is 0 Å². The highest BCUT2D eigenvalue weighted by Gasteiger charge is 2.49. The summed E-state index contributed by atoms with van der Waals surface area (Å²) in [7, 11) is 0. The minimum absolute atomic E-state index is 0.113. The molecule has 1 atom stereocenters. The Kier molecular flexibility index (Phi) is 7.61. The number of aliphatic imine (C=N–C) groups is 1. The van der Waals surface area contributed by atoms with Crippen molar-refractivity contribution in [3.63, 3.8) is 0 Å². The van der Waals surface area contributed by atoms with E-state index in [4.69, 9.17) is 4.99 Å². The van der Waals surface area contributed by atoms with E-state index in [2.05, 4.69) is 15.3 Å². The van der Waals surface area contributed by atoms with Gasteiger partial charge in [0.2, 0.25) is 0 Å². The first-order valence-electron chi connectivity index (χ1n) is 12.3. The zero-order valence-electron chi connectivity index (χ0n) is 21.3. The summed E-state index contributed by atoms with van der Waals surface area (Å²) in [5, 5.41) is 2.23. The van der Waals surface area contributed by atoms with Crippen LogP contribution in [-0.4, -0.2) is 38.7 Å². The lowest BCUT2D eigenvalue weighted by molar-refractivity contribution is -0.164. The topological polar surface area (TPSA) is 70.5 Å². The molecule has 1 aliphatic carbocycles. The summed E-state index contributed by atoms with van der Waals surface area (Å²) < 4.78 is 40.8. The molecule has 1 unspecified atom stereocenters. The number of alkyl halides is 3. The van der Waals surface area contributed by atoms with Crippen molar-refractivity contribution in [1.29, 1.82) is 0 Å². The Balaban J connectivity index is 1.75. The largest absolute Gasteiger partial charge is 0.408 e. The van der Waals surface area contributed by atoms with E-state index in [1.54, 1.807) is 23.4 Å². The maximum Gasteiger partial charge on any atom is 0.408 e. The molecule has 1 saturated carbocycles. The van der Waals surface area contributed by atoms with Crippen LogP contribution in [0.1, 0.15) is 52.5 Å². The molecule has 0 bridgehead atoms. The van der Waals surface area contributed by atoms with E-state index in [9.17, 15) is 18.0 Å². The molecule has 1 amide bonds. The fraction of sp³-hybridized carbons (Fsp3) is 0.357. The third-order valence-corrected chi connectivity index (χ3v) is 6.48. The van der Waals surface area contributed by atoms with Crippen LogP contribution in [0, 0.1) is 5.92 Å². The van der Waals surface area contributed by atoms with Crippen LogP contribution in [0.15, 0.2) is 82.7 Å². The van der Waals surface area contributed by atoms with Crippen LogP contribution in [-0.2, 0) is 4.79 Å². The second kappa shape index (κ2) is 10.7. The van der Waals surface area contributed by atoms with Crippen molar-refractivity contribution < 1.29 is 18.0 Å². The number of benzene rings is 1. The normalized spacial score (nSPS) is 18.7. The van der Waals surface area contributed by atoms with Gasteiger partial charge in [0, 0.05) is 35.4 Å². The number of amides is 1. The van der Waals surface area contributed by atoms with Crippen molar-refractivity contribution >= 4 is 11.6 Å². The van der Waals surface area contributed by atoms with Gasteiger partial charge in [-0.1, -0.05) is 30.7 Å². The number of nitrogens with zero attached hydrogens (tertiary/aromatic N) is 4. The predicted octanol–water partition coefficient (Wildman–Crippen LogP) is 6.15. The van der Waals surface area contributed by atoms with Gasteiger partial charge in [-0.05, 0) is 64.2 Å². The average Bonchev–Trinajstić information content (AvgIpc) is 3.72. The Morgan fingerprint density at radius 3 is 2.46 bits per heavy atom.